The van der Waals surface area contributed by atoms with Gasteiger partial charge >= 0.3 is 5.97 Å². The highest BCUT2D eigenvalue weighted by Crippen LogP contribution is 2.30. The third-order valence-corrected chi connectivity index (χ3v) is 3.71. The molecule has 6 heteroatoms. The van der Waals surface area contributed by atoms with Crippen LogP contribution in [-0.2, 0) is 9.53 Å². The second-order valence-corrected chi connectivity index (χ2v) is 5.13. The highest BCUT2D eigenvalue weighted by atomic mass is 16.5. The molecule has 2 rings (SSSR count). The van der Waals surface area contributed by atoms with Crippen LogP contribution in [0.15, 0.2) is 0 Å². The van der Waals surface area contributed by atoms with Gasteiger partial charge in [-0.2, -0.15) is 4.98 Å². The van der Waals surface area contributed by atoms with Crippen molar-refractivity contribution in [3.05, 3.63) is 11.4 Å². The van der Waals surface area contributed by atoms with Gasteiger partial charge < -0.3 is 14.8 Å². The Morgan fingerprint density at radius 1 is 1.25 bits per heavy atom. The predicted octanol–water partition coefficient (Wildman–Crippen LogP) is 1.86. The molecule has 0 saturated heterocycles. The Hall–Kier alpha value is -1.85. The summed E-state index contributed by atoms with van der Waals surface area (Å²) in [4.78, 5) is 20.2. The summed E-state index contributed by atoms with van der Waals surface area (Å²) < 4.78 is 10.0. The summed E-state index contributed by atoms with van der Waals surface area (Å²) in [6.07, 6.45) is 2.56. The standard InChI is InChI=1S/C14H21N3O3/c1-8-12(15-9(2)16-13(8)19-3)17-11-6-5-10(7-11)14(18)20-4/h10-11H,5-7H2,1-4H3,(H,15,16,17)/t10-,11+/m0/s1. The zero-order chi connectivity index (χ0) is 14.7. The van der Waals surface area contributed by atoms with Crippen LogP contribution in [-0.4, -0.2) is 36.2 Å². The number of esters is 1. The van der Waals surface area contributed by atoms with Crippen molar-refractivity contribution in [2.75, 3.05) is 19.5 Å². The van der Waals surface area contributed by atoms with E-state index in [9.17, 15) is 4.79 Å². The summed E-state index contributed by atoms with van der Waals surface area (Å²) in [7, 11) is 3.04. The van der Waals surface area contributed by atoms with E-state index in [1.54, 1.807) is 7.11 Å². The van der Waals surface area contributed by atoms with E-state index >= 15 is 0 Å². The number of ether oxygens (including phenoxy) is 2. The van der Waals surface area contributed by atoms with Crippen molar-refractivity contribution in [2.45, 2.75) is 39.2 Å². The highest BCUT2D eigenvalue weighted by Gasteiger charge is 2.31. The monoisotopic (exact) mass is 279 g/mol. The second kappa shape index (κ2) is 6.07. The van der Waals surface area contributed by atoms with Crippen molar-refractivity contribution in [3.8, 4) is 5.88 Å². The number of nitrogens with zero attached hydrogens (tertiary/aromatic N) is 2. The maximum absolute atomic E-state index is 11.5. The lowest BCUT2D eigenvalue weighted by Gasteiger charge is -2.17. The first-order chi connectivity index (χ1) is 9.55. The molecule has 1 aromatic heterocycles. The lowest BCUT2D eigenvalue weighted by Crippen LogP contribution is -2.20. The summed E-state index contributed by atoms with van der Waals surface area (Å²) in [5, 5.41) is 3.39. The summed E-state index contributed by atoms with van der Waals surface area (Å²) in [6, 6.07) is 0.233. The maximum Gasteiger partial charge on any atom is 0.308 e. The molecule has 1 aromatic rings. The molecule has 1 N–H and O–H groups in total. The molecule has 1 fully saturated rings. The summed E-state index contributed by atoms with van der Waals surface area (Å²) in [5.74, 6) is 1.90. The summed E-state index contributed by atoms with van der Waals surface area (Å²) >= 11 is 0. The van der Waals surface area contributed by atoms with Gasteiger partial charge in [-0.05, 0) is 33.1 Å². The Labute approximate surface area is 118 Å². The number of aryl methyl sites for hydroxylation is 1. The van der Waals surface area contributed by atoms with Crippen LogP contribution in [0.2, 0.25) is 0 Å². The van der Waals surface area contributed by atoms with E-state index in [2.05, 4.69) is 15.3 Å². The topological polar surface area (TPSA) is 73.3 Å². The molecule has 6 nitrogen and oxygen atoms in total. The number of rotatable bonds is 4. The van der Waals surface area contributed by atoms with E-state index in [4.69, 9.17) is 9.47 Å². The molecular formula is C14H21N3O3. The van der Waals surface area contributed by atoms with Crippen LogP contribution in [0.5, 0.6) is 5.88 Å². The number of carbonyl (C=O) groups excluding carboxylic acids is 1. The van der Waals surface area contributed by atoms with Crippen LogP contribution in [0.1, 0.15) is 30.7 Å². The molecule has 1 heterocycles. The van der Waals surface area contributed by atoms with Crippen molar-refractivity contribution >= 4 is 11.8 Å². The predicted molar refractivity (Wildman–Crippen MR) is 74.8 cm³/mol. The number of hydrogen-bond acceptors (Lipinski definition) is 6. The number of hydrogen-bond donors (Lipinski definition) is 1. The third-order valence-electron chi connectivity index (χ3n) is 3.71. The molecule has 20 heavy (non-hydrogen) atoms. The van der Waals surface area contributed by atoms with E-state index in [-0.39, 0.29) is 17.9 Å². The zero-order valence-electron chi connectivity index (χ0n) is 12.4. The van der Waals surface area contributed by atoms with Crippen LogP contribution in [0.4, 0.5) is 5.82 Å². The number of carbonyl (C=O) groups is 1. The minimum Gasteiger partial charge on any atom is -0.481 e. The summed E-state index contributed by atoms with van der Waals surface area (Å²) in [5.41, 5.74) is 0.889. The van der Waals surface area contributed by atoms with E-state index < -0.39 is 0 Å². The van der Waals surface area contributed by atoms with Gasteiger partial charge in [-0.15, -0.1) is 0 Å². The van der Waals surface area contributed by atoms with Gasteiger partial charge in [-0.1, -0.05) is 0 Å². The second-order valence-electron chi connectivity index (χ2n) is 5.13. The van der Waals surface area contributed by atoms with E-state index in [1.165, 1.54) is 7.11 Å². The van der Waals surface area contributed by atoms with E-state index in [1.807, 2.05) is 13.8 Å². The fraction of sp³-hybridized carbons (Fsp3) is 0.643. The first-order valence-corrected chi connectivity index (χ1v) is 6.78. The average molecular weight is 279 g/mol. The molecule has 0 amide bonds. The largest absolute Gasteiger partial charge is 0.481 e. The first-order valence-electron chi connectivity index (χ1n) is 6.78. The van der Waals surface area contributed by atoms with E-state index in [0.29, 0.717) is 11.7 Å². The number of methoxy groups -OCH3 is 2. The van der Waals surface area contributed by atoms with Gasteiger partial charge in [-0.3, -0.25) is 4.79 Å². The lowest BCUT2D eigenvalue weighted by molar-refractivity contribution is -0.145. The molecule has 0 unspecified atom stereocenters. The van der Waals surface area contributed by atoms with E-state index in [0.717, 1.165) is 30.6 Å². The molecule has 2 atom stereocenters. The molecular weight excluding hydrogens is 258 g/mol. The number of anilines is 1. The quantitative estimate of drug-likeness (QED) is 0.848. The Morgan fingerprint density at radius 2 is 2.00 bits per heavy atom. The van der Waals surface area contributed by atoms with Crippen LogP contribution in [0, 0.1) is 19.8 Å². The molecule has 1 aliphatic rings. The number of nitrogens with one attached hydrogen (secondary N) is 1. The van der Waals surface area contributed by atoms with Gasteiger partial charge in [0.25, 0.3) is 0 Å². The first kappa shape index (κ1) is 14.6. The van der Waals surface area contributed by atoms with Gasteiger partial charge in [0.15, 0.2) is 0 Å². The van der Waals surface area contributed by atoms with Crippen molar-refractivity contribution in [1.29, 1.82) is 0 Å². The van der Waals surface area contributed by atoms with Gasteiger partial charge in [0.1, 0.15) is 11.6 Å². The van der Waals surface area contributed by atoms with Crippen molar-refractivity contribution in [2.24, 2.45) is 5.92 Å². The van der Waals surface area contributed by atoms with Gasteiger partial charge in [-0.25, -0.2) is 4.98 Å². The maximum atomic E-state index is 11.5. The van der Waals surface area contributed by atoms with Gasteiger partial charge in [0.05, 0.1) is 25.7 Å². The molecule has 1 saturated carbocycles. The normalized spacial score (nSPS) is 21.6. The molecule has 0 spiro atoms. The molecule has 0 aliphatic heterocycles. The fourth-order valence-electron chi connectivity index (χ4n) is 2.63. The van der Waals surface area contributed by atoms with Gasteiger partial charge in [0, 0.05) is 6.04 Å². The average Bonchev–Trinajstić information content (AvgIpc) is 2.90. The SMILES string of the molecule is COC(=O)[C@H]1CC[C@@H](Nc2nc(C)nc(OC)c2C)C1. The van der Waals surface area contributed by atoms with Gasteiger partial charge in [0.2, 0.25) is 5.88 Å². The fourth-order valence-corrected chi connectivity index (χ4v) is 2.63. The molecule has 0 radical (unpaired) electrons. The smallest absolute Gasteiger partial charge is 0.308 e. The Balaban J connectivity index is 2.08. The Morgan fingerprint density at radius 3 is 2.65 bits per heavy atom. The molecule has 0 aromatic carbocycles. The van der Waals surface area contributed by atoms with Crippen molar-refractivity contribution in [3.63, 3.8) is 0 Å². The Bertz CT molecular complexity index is 505. The third kappa shape index (κ3) is 3.00. The van der Waals surface area contributed by atoms with Crippen LogP contribution >= 0.6 is 0 Å². The van der Waals surface area contributed by atoms with Crippen molar-refractivity contribution in [1.82, 2.24) is 9.97 Å². The summed E-state index contributed by atoms with van der Waals surface area (Å²) in [6.45, 7) is 3.76. The van der Waals surface area contributed by atoms with Crippen LogP contribution in [0.3, 0.4) is 0 Å². The lowest BCUT2D eigenvalue weighted by atomic mass is 10.1. The molecule has 1 aliphatic carbocycles. The molecule has 0 bridgehead atoms. The van der Waals surface area contributed by atoms with Crippen LogP contribution < -0.4 is 10.1 Å². The van der Waals surface area contributed by atoms with Crippen LogP contribution in [0.25, 0.3) is 0 Å². The van der Waals surface area contributed by atoms with Crippen molar-refractivity contribution < 1.29 is 14.3 Å². The zero-order valence-corrected chi connectivity index (χ0v) is 12.4. The Kier molecular flexibility index (Phi) is 4.42. The number of aromatic nitrogens is 2. The highest BCUT2D eigenvalue weighted by molar-refractivity contribution is 5.72. The molecule has 110 valence electrons. The minimum absolute atomic E-state index is 0.0114. The minimum atomic E-state index is -0.123.